The largest absolute Gasteiger partial charge is 0.450 e. The highest BCUT2D eigenvalue weighted by atomic mass is 16.6. The van der Waals surface area contributed by atoms with E-state index in [0.29, 0.717) is 50.8 Å². The maximum absolute atomic E-state index is 13.0. The fourth-order valence-corrected chi connectivity index (χ4v) is 4.46. The second-order valence-electron chi connectivity index (χ2n) is 9.04. The van der Waals surface area contributed by atoms with Gasteiger partial charge in [0.05, 0.1) is 6.61 Å². The minimum Gasteiger partial charge on any atom is -0.450 e. The van der Waals surface area contributed by atoms with Crippen LogP contribution in [0.3, 0.4) is 0 Å². The molecule has 1 atom stereocenters. The number of anilines is 1. The van der Waals surface area contributed by atoms with Gasteiger partial charge in [0.2, 0.25) is 0 Å². The van der Waals surface area contributed by atoms with Gasteiger partial charge >= 0.3 is 6.09 Å². The van der Waals surface area contributed by atoms with E-state index in [1.165, 1.54) is 0 Å². The Bertz CT molecular complexity index is 1050. The number of carbonyl (C=O) groups is 3. The Balaban J connectivity index is 1.42. The lowest BCUT2D eigenvalue weighted by molar-refractivity contribution is 0.0570. The van der Waals surface area contributed by atoms with Crippen molar-refractivity contribution in [1.29, 1.82) is 0 Å². The smallest absolute Gasteiger partial charge is 0.409 e. The Labute approximate surface area is 200 Å². The Morgan fingerprint density at radius 1 is 1.00 bits per heavy atom. The van der Waals surface area contributed by atoms with Gasteiger partial charge in [-0.05, 0) is 43.2 Å². The normalized spacial score (nSPS) is 17.7. The molecule has 0 saturated carbocycles. The first-order valence-electron chi connectivity index (χ1n) is 11.9. The predicted octanol–water partition coefficient (Wildman–Crippen LogP) is 3.82. The zero-order valence-electron chi connectivity index (χ0n) is 20.0. The Hall–Kier alpha value is -3.55. The van der Waals surface area contributed by atoms with Crippen LogP contribution >= 0.6 is 0 Å². The maximum Gasteiger partial charge on any atom is 0.409 e. The molecule has 1 fully saturated rings. The van der Waals surface area contributed by atoms with Crippen LogP contribution in [0.15, 0.2) is 48.5 Å². The monoisotopic (exact) mass is 464 g/mol. The van der Waals surface area contributed by atoms with Crippen molar-refractivity contribution in [2.24, 2.45) is 5.92 Å². The molecule has 34 heavy (non-hydrogen) atoms. The molecule has 2 aromatic carbocycles. The first kappa shape index (κ1) is 23.6. The molecule has 2 aliphatic heterocycles. The van der Waals surface area contributed by atoms with Crippen molar-refractivity contribution in [1.82, 2.24) is 14.7 Å². The van der Waals surface area contributed by atoms with E-state index in [0.717, 1.165) is 16.8 Å². The molecule has 2 heterocycles. The quantitative estimate of drug-likeness (QED) is 0.703. The van der Waals surface area contributed by atoms with E-state index in [2.05, 4.69) is 19.2 Å². The number of ether oxygens (including phenoxy) is 1. The summed E-state index contributed by atoms with van der Waals surface area (Å²) in [5.41, 5.74) is 3.13. The van der Waals surface area contributed by atoms with Gasteiger partial charge in [0.15, 0.2) is 0 Å². The van der Waals surface area contributed by atoms with E-state index in [9.17, 15) is 14.4 Å². The minimum atomic E-state index is -0.330. The number of hydrogen-bond acceptors (Lipinski definition) is 5. The summed E-state index contributed by atoms with van der Waals surface area (Å²) in [5, 5.41) is 3.48. The summed E-state index contributed by atoms with van der Waals surface area (Å²) in [6.45, 7) is 8.84. The average Bonchev–Trinajstić information content (AvgIpc) is 3.10. The molecule has 2 aromatic rings. The van der Waals surface area contributed by atoms with E-state index >= 15 is 0 Å². The lowest BCUT2D eigenvalue weighted by Crippen LogP contribution is -2.50. The molecule has 4 rings (SSSR count). The highest BCUT2D eigenvalue weighted by molar-refractivity contribution is 5.99. The Morgan fingerprint density at radius 2 is 1.65 bits per heavy atom. The van der Waals surface area contributed by atoms with E-state index in [1.807, 2.05) is 41.3 Å². The molecule has 0 spiro atoms. The summed E-state index contributed by atoms with van der Waals surface area (Å²) >= 11 is 0. The predicted molar refractivity (Wildman–Crippen MR) is 130 cm³/mol. The molecule has 0 radical (unpaired) electrons. The highest BCUT2D eigenvalue weighted by Crippen LogP contribution is 2.35. The number of fused-ring (bicyclic) bond motifs is 1. The molecule has 0 aromatic heterocycles. The summed E-state index contributed by atoms with van der Waals surface area (Å²) < 4.78 is 5.04. The first-order chi connectivity index (χ1) is 16.4. The number of piperazine rings is 1. The standard InChI is InChI=1S/C26H32N4O4/c1-4-34-26(33)29-15-13-28(14-16-29)24(31)19-9-11-20(12-10-19)27-23-21-7-5-6-8-22(21)25(32)30(23)17-18(2)3/h5-12,18,23,27H,4,13-17H2,1-3H3. The van der Waals surface area contributed by atoms with Crippen molar-refractivity contribution >= 4 is 23.6 Å². The average molecular weight is 465 g/mol. The molecule has 3 amide bonds. The van der Waals surface area contributed by atoms with Crippen LogP contribution < -0.4 is 5.32 Å². The van der Waals surface area contributed by atoms with E-state index in [4.69, 9.17) is 4.74 Å². The summed E-state index contributed by atoms with van der Waals surface area (Å²) in [5.74, 6) is 0.320. The number of amides is 3. The van der Waals surface area contributed by atoms with Crippen molar-refractivity contribution in [3.8, 4) is 0 Å². The van der Waals surface area contributed by atoms with Gasteiger partial charge in [-0.3, -0.25) is 9.59 Å². The molecule has 8 nitrogen and oxygen atoms in total. The topological polar surface area (TPSA) is 82.2 Å². The Kier molecular flexibility index (Phi) is 7.05. The van der Waals surface area contributed by atoms with Crippen LogP contribution in [0.2, 0.25) is 0 Å². The Morgan fingerprint density at radius 3 is 2.29 bits per heavy atom. The van der Waals surface area contributed by atoms with Gasteiger partial charge in [-0.1, -0.05) is 32.0 Å². The SMILES string of the molecule is CCOC(=O)N1CCN(C(=O)c2ccc(NC3c4ccccc4C(=O)N3CC(C)C)cc2)CC1. The lowest BCUT2D eigenvalue weighted by atomic mass is 10.1. The van der Waals surface area contributed by atoms with Crippen LogP contribution in [0.5, 0.6) is 0 Å². The molecular formula is C26H32N4O4. The van der Waals surface area contributed by atoms with Crippen molar-refractivity contribution in [2.45, 2.75) is 26.9 Å². The molecular weight excluding hydrogens is 432 g/mol. The molecule has 8 heteroatoms. The van der Waals surface area contributed by atoms with Crippen molar-refractivity contribution in [3.05, 3.63) is 65.2 Å². The first-order valence-corrected chi connectivity index (χ1v) is 11.9. The molecule has 1 saturated heterocycles. The zero-order chi connectivity index (χ0) is 24.2. The third-order valence-electron chi connectivity index (χ3n) is 6.15. The fourth-order valence-electron chi connectivity index (χ4n) is 4.46. The molecule has 0 bridgehead atoms. The molecule has 1 unspecified atom stereocenters. The molecule has 0 aliphatic carbocycles. The van der Waals surface area contributed by atoms with Crippen molar-refractivity contribution < 1.29 is 19.1 Å². The number of nitrogens with one attached hydrogen (secondary N) is 1. The van der Waals surface area contributed by atoms with Crippen molar-refractivity contribution in [3.63, 3.8) is 0 Å². The highest BCUT2D eigenvalue weighted by Gasteiger charge is 2.36. The van der Waals surface area contributed by atoms with E-state index in [-0.39, 0.29) is 24.1 Å². The summed E-state index contributed by atoms with van der Waals surface area (Å²) in [6, 6.07) is 15.1. The minimum absolute atomic E-state index is 0.0376. The van der Waals surface area contributed by atoms with Gasteiger partial charge in [-0.25, -0.2) is 4.79 Å². The number of carbonyl (C=O) groups excluding carboxylic acids is 3. The van der Waals surface area contributed by atoms with Gasteiger partial charge < -0.3 is 24.8 Å². The van der Waals surface area contributed by atoms with Crippen LogP contribution in [-0.4, -0.2) is 71.9 Å². The second-order valence-corrected chi connectivity index (χ2v) is 9.04. The van der Waals surface area contributed by atoms with Crippen LogP contribution in [0.1, 0.15) is 53.2 Å². The summed E-state index contributed by atoms with van der Waals surface area (Å²) in [6.07, 6.45) is -0.577. The maximum atomic E-state index is 13.0. The lowest BCUT2D eigenvalue weighted by Gasteiger charge is -2.34. The van der Waals surface area contributed by atoms with E-state index in [1.54, 1.807) is 28.9 Å². The van der Waals surface area contributed by atoms with Gasteiger partial charge in [0.1, 0.15) is 6.17 Å². The number of benzene rings is 2. The van der Waals surface area contributed by atoms with Gasteiger partial charge in [-0.15, -0.1) is 0 Å². The number of hydrogen-bond donors (Lipinski definition) is 1. The third kappa shape index (κ3) is 4.85. The third-order valence-corrected chi connectivity index (χ3v) is 6.15. The van der Waals surface area contributed by atoms with Gasteiger partial charge in [0, 0.05) is 55.1 Å². The van der Waals surface area contributed by atoms with Gasteiger partial charge in [0.25, 0.3) is 11.8 Å². The number of nitrogens with zero attached hydrogens (tertiary/aromatic N) is 3. The molecule has 1 N–H and O–H groups in total. The van der Waals surface area contributed by atoms with Gasteiger partial charge in [-0.2, -0.15) is 0 Å². The van der Waals surface area contributed by atoms with E-state index < -0.39 is 0 Å². The van der Waals surface area contributed by atoms with Crippen LogP contribution in [0.25, 0.3) is 0 Å². The zero-order valence-corrected chi connectivity index (χ0v) is 20.0. The summed E-state index contributed by atoms with van der Waals surface area (Å²) in [4.78, 5) is 43.0. The van der Waals surface area contributed by atoms with Crippen LogP contribution in [-0.2, 0) is 4.74 Å². The van der Waals surface area contributed by atoms with Crippen LogP contribution in [0.4, 0.5) is 10.5 Å². The fraction of sp³-hybridized carbons (Fsp3) is 0.423. The molecule has 2 aliphatic rings. The van der Waals surface area contributed by atoms with Crippen LogP contribution in [0, 0.1) is 5.92 Å². The summed E-state index contributed by atoms with van der Waals surface area (Å²) in [7, 11) is 0. The number of rotatable bonds is 6. The second kappa shape index (κ2) is 10.2. The molecule has 180 valence electrons. The van der Waals surface area contributed by atoms with Crippen molar-refractivity contribution in [2.75, 3.05) is 44.6 Å².